The molecular weight excluding hydrogens is 366 g/mol. The normalized spacial score (nSPS) is 18.9. The zero-order valence-electron chi connectivity index (χ0n) is 14.5. The van der Waals surface area contributed by atoms with Crippen molar-refractivity contribution >= 4 is 35.0 Å². The van der Waals surface area contributed by atoms with E-state index < -0.39 is 11.9 Å². The van der Waals surface area contributed by atoms with Gasteiger partial charge < -0.3 is 15.5 Å². The van der Waals surface area contributed by atoms with Crippen molar-refractivity contribution in [1.29, 1.82) is 0 Å². The Morgan fingerprint density at radius 2 is 2.00 bits per heavy atom. The number of hydrogen-bond acceptors (Lipinski definition) is 3. The van der Waals surface area contributed by atoms with Crippen LogP contribution in [0.2, 0.25) is 5.02 Å². The van der Waals surface area contributed by atoms with Crippen molar-refractivity contribution in [2.75, 3.05) is 11.4 Å². The summed E-state index contributed by atoms with van der Waals surface area (Å²) in [6, 6.07) is 11.5. The van der Waals surface area contributed by atoms with Gasteiger partial charge in [0.2, 0.25) is 11.8 Å². The van der Waals surface area contributed by atoms with Crippen LogP contribution in [-0.2, 0) is 16.1 Å². The van der Waals surface area contributed by atoms with Crippen molar-refractivity contribution < 1.29 is 14.4 Å². The highest BCUT2D eigenvalue weighted by Gasteiger charge is 2.31. The Hall–Kier alpha value is -2.86. The van der Waals surface area contributed by atoms with Gasteiger partial charge in [-0.05, 0) is 35.7 Å². The number of carbonyl (C=O) groups is 3. The van der Waals surface area contributed by atoms with Gasteiger partial charge in [-0.15, -0.1) is 0 Å². The van der Waals surface area contributed by atoms with Crippen LogP contribution < -0.4 is 15.5 Å². The van der Waals surface area contributed by atoms with Crippen LogP contribution in [0, 0.1) is 0 Å². The molecule has 3 amide bonds. The molecule has 2 aromatic carbocycles. The van der Waals surface area contributed by atoms with Crippen molar-refractivity contribution in [3.8, 4) is 0 Å². The molecule has 2 aliphatic rings. The molecule has 0 saturated carbocycles. The first-order valence-electron chi connectivity index (χ1n) is 8.81. The van der Waals surface area contributed by atoms with Crippen molar-refractivity contribution in [1.82, 2.24) is 10.6 Å². The molecule has 27 heavy (non-hydrogen) atoms. The Morgan fingerprint density at radius 1 is 1.19 bits per heavy atom. The van der Waals surface area contributed by atoms with Crippen LogP contribution in [0.4, 0.5) is 5.69 Å². The lowest BCUT2D eigenvalue weighted by Crippen LogP contribution is -2.44. The van der Waals surface area contributed by atoms with E-state index in [9.17, 15) is 14.4 Å². The highest BCUT2D eigenvalue weighted by molar-refractivity contribution is 6.31. The second-order valence-corrected chi connectivity index (χ2v) is 7.07. The van der Waals surface area contributed by atoms with Gasteiger partial charge in [-0.3, -0.25) is 14.4 Å². The van der Waals surface area contributed by atoms with E-state index in [-0.39, 0.29) is 11.8 Å². The summed E-state index contributed by atoms with van der Waals surface area (Å²) < 4.78 is 0. The largest absolute Gasteiger partial charge is 0.350 e. The summed E-state index contributed by atoms with van der Waals surface area (Å²) in [5, 5.41) is 6.05. The minimum Gasteiger partial charge on any atom is -0.350 e. The maximum absolute atomic E-state index is 13.0. The van der Waals surface area contributed by atoms with Gasteiger partial charge in [0.15, 0.2) is 0 Å². The van der Waals surface area contributed by atoms with Gasteiger partial charge in [0, 0.05) is 24.5 Å². The molecule has 2 heterocycles. The smallest absolute Gasteiger partial charge is 0.254 e. The molecular formula is C20H18ClN3O3. The first-order valence-corrected chi connectivity index (χ1v) is 9.18. The number of rotatable bonds is 3. The third kappa shape index (κ3) is 3.28. The van der Waals surface area contributed by atoms with Crippen molar-refractivity contribution in [2.45, 2.75) is 25.4 Å². The average Bonchev–Trinajstić information content (AvgIpc) is 3.09. The number of amides is 3. The predicted molar refractivity (Wildman–Crippen MR) is 102 cm³/mol. The van der Waals surface area contributed by atoms with Crippen molar-refractivity contribution in [3.63, 3.8) is 0 Å². The standard InChI is InChI=1S/C20H18ClN3O3/c21-13-7-8-15(16(10-13)24-9-3-6-17(24)25)19(26)23-18-14-5-2-1-4-12(14)11-22-20(18)27/h1-2,4-5,7-8,10,18H,3,6,9,11H2,(H,22,27)(H,23,26). The maximum Gasteiger partial charge on any atom is 0.254 e. The van der Waals surface area contributed by atoms with Crippen LogP contribution in [0.15, 0.2) is 42.5 Å². The molecule has 1 fully saturated rings. The van der Waals surface area contributed by atoms with Gasteiger partial charge in [0.1, 0.15) is 6.04 Å². The van der Waals surface area contributed by atoms with E-state index in [1.54, 1.807) is 23.1 Å². The number of nitrogens with zero attached hydrogens (tertiary/aromatic N) is 1. The number of fused-ring (bicyclic) bond motifs is 1. The number of halogens is 1. The lowest BCUT2D eigenvalue weighted by molar-refractivity contribution is -0.123. The maximum atomic E-state index is 13.0. The van der Waals surface area contributed by atoms with E-state index >= 15 is 0 Å². The van der Waals surface area contributed by atoms with Gasteiger partial charge in [0.25, 0.3) is 5.91 Å². The summed E-state index contributed by atoms with van der Waals surface area (Å²) >= 11 is 6.10. The quantitative estimate of drug-likeness (QED) is 0.855. The van der Waals surface area contributed by atoms with Gasteiger partial charge in [0.05, 0.1) is 11.3 Å². The van der Waals surface area contributed by atoms with E-state index in [1.165, 1.54) is 0 Å². The van der Waals surface area contributed by atoms with Crippen LogP contribution >= 0.6 is 11.6 Å². The Balaban J connectivity index is 1.66. The average molecular weight is 384 g/mol. The fourth-order valence-electron chi connectivity index (χ4n) is 3.58. The third-order valence-corrected chi connectivity index (χ3v) is 5.16. The number of nitrogens with one attached hydrogen (secondary N) is 2. The molecule has 0 aromatic heterocycles. The SMILES string of the molecule is O=C(NC1C(=O)NCc2ccccc21)c1ccc(Cl)cc1N1CCCC1=O. The molecule has 2 aliphatic heterocycles. The first-order chi connectivity index (χ1) is 13.0. The predicted octanol–water partition coefficient (Wildman–Crippen LogP) is 2.57. The summed E-state index contributed by atoms with van der Waals surface area (Å²) in [6.07, 6.45) is 1.19. The van der Waals surface area contributed by atoms with Gasteiger partial charge in [-0.1, -0.05) is 35.9 Å². The molecule has 0 bridgehead atoms. The second kappa shape index (κ2) is 7.04. The number of anilines is 1. The molecule has 6 nitrogen and oxygen atoms in total. The van der Waals surface area contributed by atoms with E-state index in [0.29, 0.717) is 35.8 Å². The molecule has 0 aliphatic carbocycles. The highest BCUT2D eigenvalue weighted by atomic mass is 35.5. The summed E-state index contributed by atoms with van der Waals surface area (Å²) in [6.45, 7) is 0.988. The molecule has 138 valence electrons. The van der Waals surface area contributed by atoms with E-state index in [0.717, 1.165) is 17.5 Å². The molecule has 2 aromatic rings. The van der Waals surface area contributed by atoms with Crippen LogP contribution in [0.5, 0.6) is 0 Å². The minimum atomic E-state index is -0.778. The van der Waals surface area contributed by atoms with Gasteiger partial charge >= 0.3 is 0 Å². The van der Waals surface area contributed by atoms with Crippen LogP contribution in [-0.4, -0.2) is 24.3 Å². The van der Waals surface area contributed by atoms with Crippen molar-refractivity contribution in [2.24, 2.45) is 0 Å². The zero-order chi connectivity index (χ0) is 19.0. The summed E-state index contributed by atoms with van der Waals surface area (Å²) in [5.74, 6) is -0.708. The van der Waals surface area contributed by atoms with Crippen molar-refractivity contribution in [3.05, 3.63) is 64.2 Å². The highest BCUT2D eigenvalue weighted by Crippen LogP contribution is 2.30. The lowest BCUT2D eigenvalue weighted by Gasteiger charge is -2.27. The molecule has 4 rings (SSSR count). The molecule has 0 radical (unpaired) electrons. The van der Waals surface area contributed by atoms with Crippen LogP contribution in [0.3, 0.4) is 0 Å². The Kier molecular flexibility index (Phi) is 4.58. The summed E-state index contributed by atoms with van der Waals surface area (Å²) in [7, 11) is 0. The van der Waals surface area contributed by atoms with E-state index in [2.05, 4.69) is 10.6 Å². The summed E-state index contributed by atoms with van der Waals surface area (Å²) in [4.78, 5) is 39.1. The van der Waals surface area contributed by atoms with Crippen LogP contribution in [0.1, 0.15) is 40.4 Å². The number of benzene rings is 2. The summed E-state index contributed by atoms with van der Waals surface area (Å²) in [5.41, 5.74) is 2.55. The Bertz CT molecular complexity index is 944. The minimum absolute atomic E-state index is 0.0351. The molecule has 1 saturated heterocycles. The van der Waals surface area contributed by atoms with E-state index in [1.807, 2.05) is 24.3 Å². The van der Waals surface area contributed by atoms with E-state index in [4.69, 9.17) is 11.6 Å². The lowest BCUT2D eigenvalue weighted by atomic mass is 9.95. The second-order valence-electron chi connectivity index (χ2n) is 6.63. The Labute approximate surface area is 161 Å². The molecule has 2 N–H and O–H groups in total. The molecule has 1 atom stereocenters. The number of carbonyl (C=O) groups excluding carboxylic acids is 3. The molecule has 1 unspecified atom stereocenters. The third-order valence-electron chi connectivity index (χ3n) is 4.93. The van der Waals surface area contributed by atoms with Gasteiger partial charge in [-0.2, -0.15) is 0 Å². The first kappa shape index (κ1) is 17.5. The van der Waals surface area contributed by atoms with Crippen LogP contribution in [0.25, 0.3) is 0 Å². The topological polar surface area (TPSA) is 78.5 Å². The zero-order valence-corrected chi connectivity index (χ0v) is 15.3. The molecule has 0 spiro atoms. The monoisotopic (exact) mass is 383 g/mol. The fourth-order valence-corrected chi connectivity index (χ4v) is 3.74. The fraction of sp³-hybridized carbons (Fsp3) is 0.250. The Morgan fingerprint density at radius 3 is 2.78 bits per heavy atom. The molecule has 7 heteroatoms. The number of hydrogen-bond donors (Lipinski definition) is 2. The van der Waals surface area contributed by atoms with Gasteiger partial charge in [-0.25, -0.2) is 0 Å².